The van der Waals surface area contributed by atoms with Crippen LogP contribution in [0.3, 0.4) is 0 Å². The fourth-order valence-electron chi connectivity index (χ4n) is 2.44. The average Bonchev–Trinajstić information content (AvgIpc) is 2.38. The standard InChI is InChI=1S/C13H15NO4/c1-18-11-5-2-9(3-6-11)12-8-10(15)4-7-13(12)14(16)17/h2-3,5-6,12-13H,4,7-8H2,1H3/t12-,13+/m0/s1. The van der Waals surface area contributed by atoms with Crippen LogP contribution in [-0.4, -0.2) is 23.9 Å². The number of rotatable bonds is 3. The van der Waals surface area contributed by atoms with Crippen LogP contribution >= 0.6 is 0 Å². The number of nitrogens with zero attached hydrogens (tertiary/aromatic N) is 1. The van der Waals surface area contributed by atoms with Crippen molar-refractivity contribution in [1.82, 2.24) is 0 Å². The molecule has 2 atom stereocenters. The molecule has 0 aromatic heterocycles. The predicted octanol–water partition coefficient (Wildman–Crippen LogP) is 2.18. The molecule has 96 valence electrons. The van der Waals surface area contributed by atoms with Crippen LogP contribution in [-0.2, 0) is 4.79 Å². The van der Waals surface area contributed by atoms with Crippen molar-refractivity contribution in [2.24, 2.45) is 0 Å². The first-order chi connectivity index (χ1) is 8.61. The first-order valence-corrected chi connectivity index (χ1v) is 5.91. The smallest absolute Gasteiger partial charge is 0.220 e. The minimum Gasteiger partial charge on any atom is -0.497 e. The van der Waals surface area contributed by atoms with Crippen LogP contribution in [0, 0.1) is 10.1 Å². The Bertz CT molecular complexity index is 455. The second-order valence-corrected chi connectivity index (χ2v) is 4.51. The number of Topliss-reactive ketones (excluding diaryl/α,β-unsaturated/α-hetero) is 1. The summed E-state index contributed by atoms with van der Waals surface area (Å²) in [4.78, 5) is 22.3. The minimum atomic E-state index is -0.656. The fraction of sp³-hybridized carbons (Fsp3) is 0.462. The highest BCUT2D eigenvalue weighted by Crippen LogP contribution is 2.33. The molecule has 0 spiro atoms. The molecular weight excluding hydrogens is 234 g/mol. The van der Waals surface area contributed by atoms with Crippen molar-refractivity contribution in [3.63, 3.8) is 0 Å². The number of benzene rings is 1. The quantitative estimate of drug-likeness (QED) is 0.608. The van der Waals surface area contributed by atoms with E-state index >= 15 is 0 Å². The average molecular weight is 249 g/mol. The molecule has 1 aliphatic carbocycles. The number of ether oxygens (including phenoxy) is 1. The van der Waals surface area contributed by atoms with Gasteiger partial charge in [-0.1, -0.05) is 12.1 Å². The van der Waals surface area contributed by atoms with Gasteiger partial charge in [-0.25, -0.2) is 0 Å². The van der Waals surface area contributed by atoms with Gasteiger partial charge >= 0.3 is 0 Å². The van der Waals surface area contributed by atoms with Crippen LogP contribution < -0.4 is 4.74 Å². The Morgan fingerprint density at radius 2 is 2.00 bits per heavy atom. The number of hydrogen-bond acceptors (Lipinski definition) is 4. The molecule has 1 aliphatic rings. The number of methoxy groups -OCH3 is 1. The van der Waals surface area contributed by atoms with Crippen LogP contribution in [0.25, 0.3) is 0 Å². The first kappa shape index (κ1) is 12.5. The maximum atomic E-state index is 11.5. The van der Waals surface area contributed by atoms with Crippen molar-refractivity contribution in [3.8, 4) is 5.75 Å². The number of nitro groups is 1. The lowest BCUT2D eigenvalue weighted by molar-refractivity contribution is -0.528. The highest BCUT2D eigenvalue weighted by atomic mass is 16.6. The predicted molar refractivity (Wildman–Crippen MR) is 65.4 cm³/mol. The summed E-state index contributed by atoms with van der Waals surface area (Å²) in [6.07, 6.45) is 0.915. The van der Waals surface area contributed by atoms with Gasteiger partial charge in [0.25, 0.3) is 0 Å². The third kappa shape index (κ3) is 2.50. The molecule has 0 unspecified atom stereocenters. The van der Waals surface area contributed by atoms with Crippen molar-refractivity contribution in [3.05, 3.63) is 39.9 Å². The van der Waals surface area contributed by atoms with Crippen LogP contribution in [0.15, 0.2) is 24.3 Å². The topological polar surface area (TPSA) is 69.4 Å². The summed E-state index contributed by atoms with van der Waals surface area (Å²) in [5, 5.41) is 11.0. The van der Waals surface area contributed by atoms with Crippen LogP contribution in [0.5, 0.6) is 5.75 Å². The third-order valence-electron chi connectivity index (χ3n) is 3.45. The molecule has 0 N–H and O–H groups in total. The molecule has 0 amide bonds. The van der Waals surface area contributed by atoms with E-state index in [-0.39, 0.29) is 23.0 Å². The molecule has 1 aromatic rings. The first-order valence-electron chi connectivity index (χ1n) is 5.91. The lowest BCUT2D eigenvalue weighted by Crippen LogP contribution is -2.33. The van der Waals surface area contributed by atoms with E-state index in [4.69, 9.17) is 4.74 Å². The second kappa shape index (κ2) is 5.16. The summed E-state index contributed by atoms with van der Waals surface area (Å²) in [7, 11) is 1.57. The highest BCUT2D eigenvalue weighted by Gasteiger charge is 2.38. The Kier molecular flexibility index (Phi) is 3.60. The van der Waals surface area contributed by atoms with E-state index in [1.807, 2.05) is 0 Å². The number of carbonyl (C=O) groups is 1. The molecule has 0 bridgehead atoms. The highest BCUT2D eigenvalue weighted by molar-refractivity contribution is 5.80. The SMILES string of the molecule is COc1ccc([C@@H]2CC(=O)CC[C@H]2[N+](=O)[O-])cc1. The van der Waals surface area contributed by atoms with Gasteiger partial charge < -0.3 is 4.74 Å². The van der Waals surface area contributed by atoms with Gasteiger partial charge in [0.2, 0.25) is 6.04 Å². The van der Waals surface area contributed by atoms with Crippen molar-refractivity contribution >= 4 is 5.78 Å². The fourth-order valence-corrected chi connectivity index (χ4v) is 2.44. The van der Waals surface area contributed by atoms with Gasteiger partial charge in [0.05, 0.1) is 13.0 Å². The lowest BCUT2D eigenvalue weighted by atomic mass is 9.79. The Morgan fingerprint density at radius 3 is 2.56 bits per heavy atom. The molecule has 5 heteroatoms. The summed E-state index contributed by atoms with van der Waals surface area (Å²) in [5.41, 5.74) is 0.838. The largest absolute Gasteiger partial charge is 0.497 e. The molecular formula is C13H15NO4. The van der Waals surface area contributed by atoms with Crippen LogP contribution in [0.1, 0.15) is 30.7 Å². The number of carbonyl (C=O) groups excluding carboxylic acids is 1. The van der Waals surface area contributed by atoms with Gasteiger partial charge in [0.15, 0.2) is 0 Å². The van der Waals surface area contributed by atoms with Crippen molar-refractivity contribution in [2.45, 2.75) is 31.2 Å². The van der Waals surface area contributed by atoms with Gasteiger partial charge in [-0.05, 0) is 17.7 Å². The van der Waals surface area contributed by atoms with Crippen molar-refractivity contribution < 1.29 is 14.5 Å². The molecule has 1 saturated carbocycles. The van der Waals surface area contributed by atoms with Crippen LogP contribution in [0.2, 0.25) is 0 Å². The van der Waals surface area contributed by atoms with E-state index in [9.17, 15) is 14.9 Å². The second-order valence-electron chi connectivity index (χ2n) is 4.51. The van der Waals surface area contributed by atoms with E-state index in [0.29, 0.717) is 18.6 Å². The number of ketones is 1. The normalized spacial score (nSPS) is 23.7. The summed E-state index contributed by atoms with van der Waals surface area (Å²) in [6, 6.07) is 6.49. The Morgan fingerprint density at radius 1 is 1.33 bits per heavy atom. The van der Waals surface area contributed by atoms with E-state index in [1.165, 1.54) is 0 Å². The zero-order chi connectivity index (χ0) is 13.1. The van der Waals surface area contributed by atoms with Gasteiger partial charge in [0.1, 0.15) is 11.5 Å². The Balaban J connectivity index is 2.25. The van der Waals surface area contributed by atoms with E-state index in [1.54, 1.807) is 31.4 Å². The summed E-state index contributed by atoms with van der Waals surface area (Å²) < 4.78 is 5.05. The summed E-state index contributed by atoms with van der Waals surface area (Å²) >= 11 is 0. The number of hydrogen-bond donors (Lipinski definition) is 0. The van der Waals surface area contributed by atoms with Crippen LogP contribution in [0.4, 0.5) is 0 Å². The zero-order valence-electron chi connectivity index (χ0n) is 10.2. The maximum absolute atomic E-state index is 11.5. The van der Waals surface area contributed by atoms with Gasteiger partial charge in [-0.2, -0.15) is 0 Å². The van der Waals surface area contributed by atoms with Crippen molar-refractivity contribution in [2.75, 3.05) is 7.11 Å². The van der Waals surface area contributed by atoms with E-state index in [0.717, 1.165) is 5.56 Å². The van der Waals surface area contributed by atoms with Gasteiger partial charge in [0, 0.05) is 24.2 Å². The minimum absolute atomic E-state index is 0.105. The Labute approximate surface area is 105 Å². The van der Waals surface area contributed by atoms with Gasteiger partial charge in [-0.3, -0.25) is 14.9 Å². The van der Waals surface area contributed by atoms with Crippen molar-refractivity contribution in [1.29, 1.82) is 0 Å². The summed E-state index contributed by atoms with van der Waals surface area (Å²) in [6.45, 7) is 0. The molecule has 5 nitrogen and oxygen atoms in total. The molecule has 0 aliphatic heterocycles. The van der Waals surface area contributed by atoms with E-state index < -0.39 is 6.04 Å². The molecule has 0 heterocycles. The zero-order valence-corrected chi connectivity index (χ0v) is 10.2. The molecule has 18 heavy (non-hydrogen) atoms. The molecule has 1 fully saturated rings. The lowest BCUT2D eigenvalue weighted by Gasteiger charge is -2.25. The molecule has 0 saturated heterocycles. The summed E-state index contributed by atoms with van der Waals surface area (Å²) in [5.74, 6) is 0.500. The molecule has 2 rings (SSSR count). The molecule has 1 aromatic carbocycles. The third-order valence-corrected chi connectivity index (χ3v) is 3.45. The molecule has 0 radical (unpaired) electrons. The maximum Gasteiger partial charge on any atom is 0.220 e. The monoisotopic (exact) mass is 249 g/mol. The van der Waals surface area contributed by atoms with Gasteiger partial charge in [-0.15, -0.1) is 0 Å². The van der Waals surface area contributed by atoms with E-state index in [2.05, 4.69) is 0 Å². The Hall–Kier alpha value is -1.91.